The molecule has 1 amide bonds. The average molecular weight is 253 g/mol. The minimum absolute atomic E-state index is 0.149. The van der Waals surface area contributed by atoms with Gasteiger partial charge in [-0.1, -0.05) is 26.2 Å². The average Bonchev–Trinajstić information content (AvgIpc) is 2.78. The van der Waals surface area contributed by atoms with Gasteiger partial charge in [-0.25, -0.2) is 0 Å². The van der Waals surface area contributed by atoms with Crippen molar-refractivity contribution in [3.8, 4) is 0 Å². The van der Waals surface area contributed by atoms with Gasteiger partial charge in [-0.15, -0.1) is 0 Å². The van der Waals surface area contributed by atoms with Crippen molar-refractivity contribution < 1.29 is 14.7 Å². The maximum atomic E-state index is 12.2. The third-order valence-electron chi connectivity index (χ3n) is 4.53. The standard InChI is InChI=1S/C14H23NO3/c1-14(6-3-2-4-7-14)9-12(16)15-8-5-11(10-15)13(17)18/h11H,2-10H2,1H3,(H,17,18). The van der Waals surface area contributed by atoms with E-state index in [0.29, 0.717) is 25.9 Å². The van der Waals surface area contributed by atoms with E-state index in [9.17, 15) is 9.59 Å². The number of carbonyl (C=O) groups is 2. The summed E-state index contributed by atoms with van der Waals surface area (Å²) in [5.74, 6) is -0.967. The van der Waals surface area contributed by atoms with Crippen LogP contribution < -0.4 is 0 Å². The molecule has 2 rings (SSSR count). The zero-order valence-corrected chi connectivity index (χ0v) is 11.2. The van der Waals surface area contributed by atoms with E-state index in [2.05, 4.69) is 6.92 Å². The van der Waals surface area contributed by atoms with Crippen molar-refractivity contribution in [2.75, 3.05) is 13.1 Å². The van der Waals surface area contributed by atoms with Crippen LogP contribution in [0.1, 0.15) is 51.9 Å². The van der Waals surface area contributed by atoms with Crippen molar-refractivity contribution in [2.24, 2.45) is 11.3 Å². The van der Waals surface area contributed by atoms with E-state index < -0.39 is 5.97 Å². The van der Waals surface area contributed by atoms with Gasteiger partial charge in [0.2, 0.25) is 5.91 Å². The molecule has 1 aliphatic carbocycles. The number of hydrogen-bond donors (Lipinski definition) is 1. The quantitative estimate of drug-likeness (QED) is 0.839. The first-order valence-corrected chi connectivity index (χ1v) is 7.01. The molecule has 4 heteroatoms. The summed E-state index contributed by atoms with van der Waals surface area (Å²) in [5.41, 5.74) is 0.149. The van der Waals surface area contributed by atoms with E-state index in [-0.39, 0.29) is 17.2 Å². The normalized spacial score (nSPS) is 27.2. The Morgan fingerprint density at radius 1 is 1.28 bits per heavy atom. The smallest absolute Gasteiger partial charge is 0.308 e. The molecule has 4 nitrogen and oxygen atoms in total. The Balaban J connectivity index is 1.87. The summed E-state index contributed by atoms with van der Waals surface area (Å²) in [6, 6.07) is 0. The Bertz CT molecular complexity index is 334. The van der Waals surface area contributed by atoms with Crippen LogP contribution in [0.2, 0.25) is 0 Å². The highest BCUT2D eigenvalue weighted by Crippen LogP contribution is 2.39. The molecule has 0 aromatic carbocycles. The number of nitrogens with zero attached hydrogens (tertiary/aromatic N) is 1. The molecular formula is C14H23NO3. The van der Waals surface area contributed by atoms with E-state index in [4.69, 9.17) is 5.11 Å². The van der Waals surface area contributed by atoms with Crippen molar-refractivity contribution in [1.82, 2.24) is 4.90 Å². The lowest BCUT2D eigenvalue weighted by Gasteiger charge is -2.34. The van der Waals surface area contributed by atoms with Gasteiger partial charge in [0, 0.05) is 19.5 Å². The van der Waals surface area contributed by atoms with Crippen LogP contribution in [0.25, 0.3) is 0 Å². The van der Waals surface area contributed by atoms with Crippen LogP contribution in [0.4, 0.5) is 0 Å². The van der Waals surface area contributed by atoms with Crippen LogP contribution >= 0.6 is 0 Å². The predicted octanol–water partition coefficient (Wildman–Crippen LogP) is 2.28. The molecule has 1 N–H and O–H groups in total. The van der Waals surface area contributed by atoms with Gasteiger partial charge < -0.3 is 10.0 Å². The van der Waals surface area contributed by atoms with E-state index in [1.54, 1.807) is 4.90 Å². The summed E-state index contributed by atoms with van der Waals surface area (Å²) in [6.45, 7) is 3.23. The number of rotatable bonds is 3. The molecule has 0 aromatic heterocycles. The monoisotopic (exact) mass is 253 g/mol. The lowest BCUT2D eigenvalue weighted by molar-refractivity contribution is -0.141. The molecule has 1 atom stereocenters. The molecule has 1 heterocycles. The second-order valence-electron chi connectivity index (χ2n) is 6.21. The number of hydrogen-bond acceptors (Lipinski definition) is 2. The van der Waals surface area contributed by atoms with E-state index >= 15 is 0 Å². The van der Waals surface area contributed by atoms with Crippen LogP contribution in [-0.2, 0) is 9.59 Å². The van der Waals surface area contributed by atoms with Crippen LogP contribution in [0, 0.1) is 11.3 Å². The number of carbonyl (C=O) groups excluding carboxylic acids is 1. The summed E-state index contributed by atoms with van der Waals surface area (Å²) in [5, 5.41) is 8.95. The topological polar surface area (TPSA) is 57.6 Å². The van der Waals surface area contributed by atoms with Gasteiger partial charge in [-0.2, -0.15) is 0 Å². The Morgan fingerprint density at radius 2 is 1.94 bits per heavy atom. The van der Waals surface area contributed by atoms with Crippen molar-refractivity contribution in [2.45, 2.75) is 51.9 Å². The second kappa shape index (κ2) is 5.29. The second-order valence-corrected chi connectivity index (χ2v) is 6.21. The Labute approximate surface area is 108 Å². The van der Waals surface area contributed by atoms with Gasteiger partial charge in [-0.3, -0.25) is 9.59 Å². The van der Waals surface area contributed by atoms with E-state index in [1.165, 1.54) is 19.3 Å². The molecule has 2 aliphatic rings. The van der Waals surface area contributed by atoms with Gasteiger partial charge in [0.05, 0.1) is 5.92 Å². The first-order valence-electron chi connectivity index (χ1n) is 7.01. The largest absolute Gasteiger partial charge is 0.481 e. The fourth-order valence-electron chi connectivity index (χ4n) is 3.25. The predicted molar refractivity (Wildman–Crippen MR) is 68.1 cm³/mol. The number of likely N-dealkylation sites (tertiary alicyclic amines) is 1. The first-order chi connectivity index (χ1) is 8.50. The van der Waals surface area contributed by atoms with E-state index in [0.717, 1.165) is 12.8 Å². The molecule has 1 unspecified atom stereocenters. The number of amides is 1. The number of aliphatic carboxylic acids is 1. The van der Waals surface area contributed by atoms with Crippen LogP contribution in [0.3, 0.4) is 0 Å². The maximum absolute atomic E-state index is 12.2. The summed E-state index contributed by atoms with van der Waals surface area (Å²) in [4.78, 5) is 24.9. The zero-order valence-electron chi connectivity index (χ0n) is 11.2. The molecule has 1 saturated heterocycles. The van der Waals surface area contributed by atoms with Crippen LogP contribution in [0.15, 0.2) is 0 Å². The molecule has 0 spiro atoms. The minimum atomic E-state index is -0.769. The Hall–Kier alpha value is -1.06. The summed E-state index contributed by atoms with van der Waals surface area (Å²) >= 11 is 0. The lowest BCUT2D eigenvalue weighted by atomic mass is 9.73. The Morgan fingerprint density at radius 3 is 2.50 bits per heavy atom. The third kappa shape index (κ3) is 3.03. The highest BCUT2D eigenvalue weighted by atomic mass is 16.4. The summed E-state index contributed by atoms with van der Waals surface area (Å²) in [7, 11) is 0. The highest BCUT2D eigenvalue weighted by molar-refractivity contribution is 5.79. The van der Waals surface area contributed by atoms with Gasteiger partial charge in [0.1, 0.15) is 0 Å². The molecular weight excluding hydrogens is 230 g/mol. The van der Waals surface area contributed by atoms with E-state index in [1.807, 2.05) is 0 Å². The van der Waals surface area contributed by atoms with Gasteiger partial charge in [0.25, 0.3) is 0 Å². The highest BCUT2D eigenvalue weighted by Gasteiger charge is 2.35. The van der Waals surface area contributed by atoms with Crippen molar-refractivity contribution in [1.29, 1.82) is 0 Å². The molecule has 0 aromatic rings. The SMILES string of the molecule is CC1(CC(=O)N2CCC(C(=O)O)C2)CCCCC1. The van der Waals surface area contributed by atoms with Gasteiger partial charge in [0.15, 0.2) is 0 Å². The van der Waals surface area contributed by atoms with Gasteiger partial charge in [-0.05, 0) is 24.7 Å². The number of carboxylic acid groups (broad SMARTS) is 1. The van der Waals surface area contributed by atoms with Crippen molar-refractivity contribution in [3.63, 3.8) is 0 Å². The Kier molecular flexibility index (Phi) is 3.93. The first kappa shape index (κ1) is 13.4. The lowest BCUT2D eigenvalue weighted by Crippen LogP contribution is -2.35. The zero-order chi connectivity index (χ0) is 13.2. The van der Waals surface area contributed by atoms with Crippen molar-refractivity contribution in [3.05, 3.63) is 0 Å². The molecule has 0 bridgehead atoms. The molecule has 102 valence electrons. The summed E-state index contributed by atoms with van der Waals surface area (Å²) < 4.78 is 0. The third-order valence-corrected chi connectivity index (χ3v) is 4.53. The fourth-order valence-corrected chi connectivity index (χ4v) is 3.25. The minimum Gasteiger partial charge on any atom is -0.481 e. The van der Waals surface area contributed by atoms with Crippen molar-refractivity contribution >= 4 is 11.9 Å². The van der Waals surface area contributed by atoms with Gasteiger partial charge >= 0.3 is 5.97 Å². The molecule has 18 heavy (non-hydrogen) atoms. The summed E-state index contributed by atoms with van der Waals surface area (Å²) in [6.07, 6.45) is 7.21. The molecule has 1 aliphatic heterocycles. The van der Waals surface area contributed by atoms with Crippen LogP contribution in [-0.4, -0.2) is 35.0 Å². The number of carboxylic acids is 1. The molecule has 1 saturated carbocycles. The maximum Gasteiger partial charge on any atom is 0.308 e. The van der Waals surface area contributed by atoms with Crippen LogP contribution in [0.5, 0.6) is 0 Å². The molecule has 0 radical (unpaired) electrons. The molecule has 2 fully saturated rings. The fraction of sp³-hybridized carbons (Fsp3) is 0.857.